The number of hydrogen-bond acceptors (Lipinski definition) is 5. The van der Waals surface area contributed by atoms with Crippen LogP contribution in [0.3, 0.4) is 0 Å². The standard InChI is InChI=1S/C18H34O2.2C2H6O2/c1-2-3-4-5-6-7-8-9-10-11-12-13-14-15-16-17-18(19)20;2*3-1-2-4/h9-10H,2-8,11-17H2,1H3,(H,19,20);2*3-4H,1-2H2/b10-9-;;. The molecule has 0 atom stereocenters. The average Bonchev–Trinajstić information content (AvgIpc) is 2.71. The van der Waals surface area contributed by atoms with Crippen molar-refractivity contribution >= 4 is 5.97 Å². The Morgan fingerprint density at radius 2 is 0.964 bits per heavy atom. The van der Waals surface area contributed by atoms with Gasteiger partial charge < -0.3 is 25.5 Å². The first-order valence-corrected chi connectivity index (χ1v) is 10.9. The van der Waals surface area contributed by atoms with Crippen molar-refractivity contribution in [2.24, 2.45) is 0 Å². The predicted molar refractivity (Wildman–Crippen MR) is 115 cm³/mol. The summed E-state index contributed by atoms with van der Waals surface area (Å²) < 4.78 is 0. The van der Waals surface area contributed by atoms with Crippen molar-refractivity contribution in [3.05, 3.63) is 12.2 Å². The minimum Gasteiger partial charge on any atom is -0.481 e. The molecule has 170 valence electrons. The molecule has 0 bridgehead atoms. The fraction of sp³-hybridized carbons (Fsp3) is 0.864. The second kappa shape index (κ2) is 33.6. The molecule has 0 aromatic carbocycles. The van der Waals surface area contributed by atoms with Gasteiger partial charge in [-0.1, -0.05) is 70.4 Å². The van der Waals surface area contributed by atoms with Crippen molar-refractivity contribution in [1.82, 2.24) is 0 Å². The number of carbonyl (C=O) groups is 1. The van der Waals surface area contributed by atoms with Crippen LogP contribution in [-0.2, 0) is 4.79 Å². The van der Waals surface area contributed by atoms with Gasteiger partial charge in [-0.15, -0.1) is 0 Å². The fourth-order valence-electron chi connectivity index (χ4n) is 2.35. The summed E-state index contributed by atoms with van der Waals surface area (Å²) in [6.45, 7) is 1.76. The normalized spacial score (nSPS) is 10.2. The molecule has 0 aromatic rings. The van der Waals surface area contributed by atoms with Crippen LogP contribution in [0.4, 0.5) is 0 Å². The van der Waals surface area contributed by atoms with E-state index >= 15 is 0 Å². The summed E-state index contributed by atoms with van der Waals surface area (Å²) in [5.41, 5.74) is 0. The Kier molecular flexibility index (Phi) is 38.1. The molecule has 0 unspecified atom stereocenters. The summed E-state index contributed by atoms with van der Waals surface area (Å²) in [6.07, 6.45) is 21.2. The lowest BCUT2D eigenvalue weighted by molar-refractivity contribution is -0.137. The molecule has 0 saturated carbocycles. The second-order valence-corrected chi connectivity index (χ2v) is 6.62. The third-order valence-electron chi connectivity index (χ3n) is 3.85. The van der Waals surface area contributed by atoms with E-state index in [0.29, 0.717) is 6.42 Å². The number of unbranched alkanes of at least 4 members (excludes halogenated alkanes) is 11. The van der Waals surface area contributed by atoms with Crippen LogP contribution in [0.15, 0.2) is 12.2 Å². The molecule has 5 N–H and O–H groups in total. The van der Waals surface area contributed by atoms with Gasteiger partial charge in [0.05, 0.1) is 26.4 Å². The van der Waals surface area contributed by atoms with Crippen LogP contribution < -0.4 is 0 Å². The number of rotatable bonds is 17. The highest BCUT2D eigenvalue weighted by Crippen LogP contribution is 2.09. The van der Waals surface area contributed by atoms with Crippen LogP contribution in [0.2, 0.25) is 0 Å². The molecule has 0 saturated heterocycles. The highest BCUT2D eigenvalue weighted by atomic mass is 16.4. The number of carboxylic acids is 1. The van der Waals surface area contributed by atoms with Crippen LogP contribution in [-0.4, -0.2) is 57.9 Å². The Labute approximate surface area is 172 Å². The zero-order valence-corrected chi connectivity index (χ0v) is 18.0. The van der Waals surface area contributed by atoms with Crippen molar-refractivity contribution < 1.29 is 30.3 Å². The molecule has 0 fully saturated rings. The highest BCUT2D eigenvalue weighted by Gasteiger charge is 1.95. The van der Waals surface area contributed by atoms with Crippen molar-refractivity contribution in [3.8, 4) is 0 Å². The summed E-state index contributed by atoms with van der Waals surface area (Å²) >= 11 is 0. The van der Waals surface area contributed by atoms with Gasteiger partial charge in [-0.3, -0.25) is 4.79 Å². The Bertz CT molecular complexity index is 287. The van der Waals surface area contributed by atoms with E-state index in [2.05, 4.69) is 19.1 Å². The van der Waals surface area contributed by atoms with Crippen LogP contribution in [0.5, 0.6) is 0 Å². The van der Waals surface area contributed by atoms with Crippen LogP contribution in [0.25, 0.3) is 0 Å². The van der Waals surface area contributed by atoms with E-state index in [9.17, 15) is 4.79 Å². The second-order valence-electron chi connectivity index (χ2n) is 6.62. The number of carboxylic acid groups (broad SMARTS) is 1. The maximum absolute atomic E-state index is 10.3. The molecule has 0 spiro atoms. The lowest BCUT2D eigenvalue weighted by Crippen LogP contribution is -1.93. The van der Waals surface area contributed by atoms with Gasteiger partial charge >= 0.3 is 5.97 Å². The molecule has 6 nitrogen and oxygen atoms in total. The van der Waals surface area contributed by atoms with Crippen molar-refractivity contribution in [2.45, 2.75) is 96.8 Å². The molecule has 0 radical (unpaired) electrons. The van der Waals surface area contributed by atoms with E-state index in [-0.39, 0.29) is 26.4 Å². The van der Waals surface area contributed by atoms with Gasteiger partial charge in [0.1, 0.15) is 0 Å². The van der Waals surface area contributed by atoms with E-state index in [0.717, 1.165) is 12.8 Å². The zero-order valence-electron chi connectivity index (χ0n) is 18.0. The number of aliphatic hydroxyl groups is 4. The third-order valence-corrected chi connectivity index (χ3v) is 3.85. The van der Waals surface area contributed by atoms with E-state index in [4.69, 9.17) is 25.5 Å². The van der Waals surface area contributed by atoms with Crippen molar-refractivity contribution in [2.75, 3.05) is 26.4 Å². The summed E-state index contributed by atoms with van der Waals surface area (Å²) in [6, 6.07) is 0. The number of hydrogen-bond donors (Lipinski definition) is 5. The Balaban J connectivity index is -0.000000656. The monoisotopic (exact) mass is 406 g/mol. The van der Waals surface area contributed by atoms with Gasteiger partial charge in [0, 0.05) is 6.42 Å². The third kappa shape index (κ3) is 44.5. The summed E-state index contributed by atoms with van der Waals surface area (Å²) in [4.78, 5) is 10.3. The highest BCUT2D eigenvalue weighted by molar-refractivity contribution is 5.66. The number of aliphatic carboxylic acids is 1. The SMILES string of the molecule is CCCCCCCC/C=C\CCCCCCCC(=O)O.OCCO.OCCO. The molecule has 0 rings (SSSR count). The van der Waals surface area contributed by atoms with Gasteiger partial charge in [-0.05, 0) is 32.1 Å². The zero-order chi connectivity index (χ0) is 21.7. The first-order chi connectivity index (χ1) is 13.6. The van der Waals surface area contributed by atoms with Crippen molar-refractivity contribution in [1.29, 1.82) is 0 Å². The minimum atomic E-state index is -0.664. The van der Waals surface area contributed by atoms with E-state index in [1.807, 2.05) is 0 Å². The minimum absolute atomic E-state index is 0.125. The topological polar surface area (TPSA) is 118 Å². The Morgan fingerprint density at radius 3 is 1.32 bits per heavy atom. The van der Waals surface area contributed by atoms with E-state index < -0.39 is 5.97 Å². The molecule has 0 aromatic heterocycles. The van der Waals surface area contributed by atoms with Crippen molar-refractivity contribution in [3.63, 3.8) is 0 Å². The Hall–Kier alpha value is -0.950. The molecule has 0 aliphatic carbocycles. The maximum atomic E-state index is 10.3. The summed E-state index contributed by atoms with van der Waals surface area (Å²) in [5.74, 6) is -0.664. The van der Waals surface area contributed by atoms with Gasteiger partial charge in [-0.25, -0.2) is 0 Å². The van der Waals surface area contributed by atoms with Gasteiger partial charge in [0.2, 0.25) is 0 Å². The lowest BCUT2D eigenvalue weighted by atomic mass is 10.1. The molecular formula is C22H46O6. The van der Waals surface area contributed by atoms with Crippen LogP contribution in [0, 0.1) is 0 Å². The first kappa shape index (κ1) is 31.7. The smallest absolute Gasteiger partial charge is 0.303 e. The molecule has 0 heterocycles. The molecule has 0 aliphatic rings. The molecule has 28 heavy (non-hydrogen) atoms. The molecule has 0 amide bonds. The fourth-order valence-corrected chi connectivity index (χ4v) is 2.35. The van der Waals surface area contributed by atoms with Crippen LogP contribution >= 0.6 is 0 Å². The molecular weight excluding hydrogens is 360 g/mol. The van der Waals surface area contributed by atoms with Gasteiger partial charge in [-0.2, -0.15) is 0 Å². The predicted octanol–water partition coefficient (Wildman–Crippen LogP) is 4.05. The average molecular weight is 407 g/mol. The molecule has 0 aliphatic heterocycles. The van der Waals surface area contributed by atoms with Gasteiger partial charge in [0.25, 0.3) is 0 Å². The van der Waals surface area contributed by atoms with Crippen LogP contribution in [0.1, 0.15) is 96.8 Å². The largest absolute Gasteiger partial charge is 0.481 e. The maximum Gasteiger partial charge on any atom is 0.303 e. The lowest BCUT2D eigenvalue weighted by Gasteiger charge is -1.99. The summed E-state index contributed by atoms with van der Waals surface area (Å²) in [5, 5.41) is 39.0. The quantitative estimate of drug-likeness (QED) is 0.184. The summed E-state index contributed by atoms with van der Waals surface area (Å²) in [7, 11) is 0. The van der Waals surface area contributed by atoms with Gasteiger partial charge in [0.15, 0.2) is 0 Å². The number of aliphatic hydroxyl groups excluding tert-OH is 4. The molecule has 6 heteroatoms. The van der Waals surface area contributed by atoms with E-state index in [1.54, 1.807) is 0 Å². The van der Waals surface area contributed by atoms with E-state index in [1.165, 1.54) is 70.6 Å². The first-order valence-electron chi connectivity index (χ1n) is 10.9. The number of allylic oxidation sites excluding steroid dienone is 2. The Morgan fingerprint density at radius 1 is 0.607 bits per heavy atom.